The third-order valence-corrected chi connectivity index (χ3v) is 2.38. The standard InChI is InChI=1S/C10H19F2N/c1-10(2,3)7-13-6-4-5-8(13)9(11)12/h8-9H,4-7H2,1-3H3/t8-/m1/s1. The maximum Gasteiger partial charge on any atom is 0.253 e. The smallest absolute Gasteiger partial charge is 0.253 e. The molecule has 1 rings (SSSR count). The van der Waals surface area contributed by atoms with Gasteiger partial charge in [0.1, 0.15) is 0 Å². The molecule has 1 nitrogen and oxygen atoms in total. The van der Waals surface area contributed by atoms with Crippen molar-refractivity contribution in [1.82, 2.24) is 4.90 Å². The zero-order valence-electron chi connectivity index (χ0n) is 8.69. The molecule has 1 saturated heterocycles. The topological polar surface area (TPSA) is 3.24 Å². The molecule has 13 heavy (non-hydrogen) atoms. The van der Waals surface area contributed by atoms with Crippen LogP contribution in [0.4, 0.5) is 8.78 Å². The van der Waals surface area contributed by atoms with Gasteiger partial charge in [0, 0.05) is 6.54 Å². The summed E-state index contributed by atoms with van der Waals surface area (Å²) in [4.78, 5) is 1.94. The van der Waals surface area contributed by atoms with Gasteiger partial charge < -0.3 is 0 Å². The van der Waals surface area contributed by atoms with E-state index >= 15 is 0 Å². The van der Waals surface area contributed by atoms with E-state index in [0.717, 1.165) is 19.5 Å². The molecule has 0 N–H and O–H groups in total. The van der Waals surface area contributed by atoms with E-state index in [9.17, 15) is 8.78 Å². The Bertz CT molecular complexity index is 163. The van der Waals surface area contributed by atoms with Gasteiger partial charge in [0.2, 0.25) is 0 Å². The first-order valence-electron chi connectivity index (χ1n) is 4.92. The van der Waals surface area contributed by atoms with Crippen molar-refractivity contribution in [2.45, 2.75) is 46.1 Å². The van der Waals surface area contributed by atoms with Gasteiger partial charge in [0.15, 0.2) is 0 Å². The SMILES string of the molecule is CC(C)(C)CN1CCC[C@@H]1C(F)F. The van der Waals surface area contributed by atoms with Crippen molar-refractivity contribution in [3.8, 4) is 0 Å². The average Bonchev–Trinajstić information content (AvgIpc) is 2.31. The number of alkyl halides is 2. The van der Waals surface area contributed by atoms with Crippen molar-refractivity contribution >= 4 is 0 Å². The van der Waals surface area contributed by atoms with Crippen LogP contribution in [0.2, 0.25) is 0 Å². The molecule has 1 heterocycles. The van der Waals surface area contributed by atoms with Crippen LogP contribution in [0.3, 0.4) is 0 Å². The average molecular weight is 191 g/mol. The minimum atomic E-state index is -2.18. The predicted octanol–water partition coefficient (Wildman–Crippen LogP) is 2.76. The highest BCUT2D eigenvalue weighted by molar-refractivity contribution is 4.83. The van der Waals surface area contributed by atoms with Crippen molar-refractivity contribution in [1.29, 1.82) is 0 Å². The number of halogens is 2. The van der Waals surface area contributed by atoms with Gasteiger partial charge >= 0.3 is 0 Å². The molecule has 0 aromatic heterocycles. The largest absolute Gasteiger partial charge is 0.294 e. The van der Waals surface area contributed by atoms with E-state index in [4.69, 9.17) is 0 Å². The minimum Gasteiger partial charge on any atom is -0.294 e. The first kappa shape index (κ1) is 10.9. The van der Waals surface area contributed by atoms with E-state index in [1.165, 1.54) is 0 Å². The van der Waals surface area contributed by atoms with Crippen LogP contribution in [0.1, 0.15) is 33.6 Å². The molecule has 0 aliphatic carbocycles. The second-order valence-electron chi connectivity index (χ2n) is 5.08. The lowest BCUT2D eigenvalue weighted by Gasteiger charge is -2.30. The lowest BCUT2D eigenvalue weighted by atomic mass is 9.96. The summed E-state index contributed by atoms with van der Waals surface area (Å²) in [5.74, 6) is 0. The number of likely N-dealkylation sites (tertiary alicyclic amines) is 1. The van der Waals surface area contributed by atoms with Gasteiger partial charge in [-0.3, -0.25) is 4.90 Å². The highest BCUT2D eigenvalue weighted by Crippen LogP contribution is 2.26. The summed E-state index contributed by atoms with van der Waals surface area (Å²) in [6.07, 6.45) is -0.594. The Labute approximate surface area is 79.1 Å². The van der Waals surface area contributed by atoms with Crippen LogP contribution in [0.5, 0.6) is 0 Å². The summed E-state index contributed by atoms with van der Waals surface area (Å²) in [5, 5.41) is 0. The fraction of sp³-hybridized carbons (Fsp3) is 1.00. The maximum atomic E-state index is 12.5. The van der Waals surface area contributed by atoms with Crippen molar-refractivity contribution in [3.05, 3.63) is 0 Å². The molecule has 1 aliphatic heterocycles. The van der Waals surface area contributed by atoms with E-state index in [1.54, 1.807) is 0 Å². The van der Waals surface area contributed by atoms with E-state index in [2.05, 4.69) is 20.8 Å². The highest BCUT2D eigenvalue weighted by atomic mass is 19.3. The molecule has 78 valence electrons. The Morgan fingerprint density at radius 1 is 1.38 bits per heavy atom. The van der Waals surface area contributed by atoms with Gasteiger partial charge in [-0.15, -0.1) is 0 Å². The van der Waals surface area contributed by atoms with Crippen LogP contribution < -0.4 is 0 Å². The molecule has 3 heteroatoms. The molecule has 1 aliphatic rings. The number of hydrogen-bond donors (Lipinski definition) is 0. The zero-order valence-corrected chi connectivity index (χ0v) is 8.69. The Kier molecular flexibility index (Phi) is 3.28. The molecule has 0 amide bonds. The molecular weight excluding hydrogens is 172 g/mol. The molecule has 0 saturated carbocycles. The highest BCUT2D eigenvalue weighted by Gasteiger charge is 2.33. The quantitative estimate of drug-likeness (QED) is 0.648. The first-order chi connectivity index (χ1) is 5.90. The zero-order chi connectivity index (χ0) is 10.1. The van der Waals surface area contributed by atoms with Crippen molar-refractivity contribution < 1.29 is 8.78 Å². The Balaban J connectivity index is 2.49. The monoisotopic (exact) mass is 191 g/mol. The molecule has 0 aromatic carbocycles. The maximum absolute atomic E-state index is 12.5. The predicted molar refractivity (Wildman–Crippen MR) is 50.1 cm³/mol. The minimum absolute atomic E-state index is 0.123. The molecule has 0 radical (unpaired) electrons. The number of hydrogen-bond acceptors (Lipinski definition) is 1. The fourth-order valence-electron chi connectivity index (χ4n) is 1.94. The van der Waals surface area contributed by atoms with Gasteiger partial charge in [-0.2, -0.15) is 0 Å². The second-order valence-corrected chi connectivity index (χ2v) is 5.08. The Morgan fingerprint density at radius 2 is 2.00 bits per heavy atom. The third kappa shape index (κ3) is 3.22. The number of nitrogens with zero attached hydrogens (tertiary/aromatic N) is 1. The molecule has 1 fully saturated rings. The van der Waals surface area contributed by atoms with Crippen molar-refractivity contribution in [2.75, 3.05) is 13.1 Å². The molecule has 0 spiro atoms. The summed E-state index contributed by atoms with van der Waals surface area (Å²) in [6, 6.07) is -0.487. The first-order valence-corrected chi connectivity index (χ1v) is 4.92. The van der Waals surface area contributed by atoms with E-state index in [1.807, 2.05) is 4.90 Å². The molecule has 0 aromatic rings. The van der Waals surface area contributed by atoms with Crippen LogP contribution in [-0.2, 0) is 0 Å². The summed E-state index contributed by atoms with van der Waals surface area (Å²) in [6.45, 7) is 7.89. The summed E-state index contributed by atoms with van der Waals surface area (Å²) < 4.78 is 25.0. The van der Waals surface area contributed by atoms with Gasteiger partial charge in [-0.05, 0) is 24.8 Å². The summed E-state index contributed by atoms with van der Waals surface area (Å²) in [5.41, 5.74) is 0.123. The molecule has 0 unspecified atom stereocenters. The van der Waals surface area contributed by atoms with E-state index in [0.29, 0.717) is 6.42 Å². The van der Waals surface area contributed by atoms with Crippen molar-refractivity contribution in [2.24, 2.45) is 5.41 Å². The molecular formula is C10H19F2N. The van der Waals surface area contributed by atoms with Gasteiger partial charge in [-0.1, -0.05) is 20.8 Å². The van der Waals surface area contributed by atoms with E-state index < -0.39 is 12.5 Å². The third-order valence-electron chi connectivity index (χ3n) is 2.38. The fourth-order valence-corrected chi connectivity index (χ4v) is 1.94. The number of rotatable bonds is 2. The van der Waals surface area contributed by atoms with Crippen LogP contribution >= 0.6 is 0 Å². The normalized spacial score (nSPS) is 25.8. The summed E-state index contributed by atoms with van der Waals surface area (Å²) in [7, 11) is 0. The molecule has 0 bridgehead atoms. The van der Waals surface area contributed by atoms with Crippen LogP contribution in [0.25, 0.3) is 0 Å². The van der Waals surface area contributed by atoms with Crippen molar-refractivity contribution in [3.63, 3.8) is 0 Å². The van der Waals surface area contributed by atoms with Gasteiger partial charge in [0.05, 0.1) is 6.04 Å². The molecule has 1 atom stereocenters. The van der Waals surface area contributed by atoms with Gasteiger partial charge in [-0.25, -0.2) is 8.78 Å². The van der Waals surface area contributed by atoms with Crippen LogP contribution in [-0.4, -0.2) is 30.5 Å². The summed E-state index contributed by atoms with van der Waals surface area (Å²) >= 11 is 0. The lowest BCUT2D eigenvalue weighted by Crippen LogP contribution is -2.40. The van der Waals surface area contributed by atoms with Crippen LogP contribution in [0.15, 0.2) is 0 Å². The second kappa shape index (κ2) is 3.91. The van der Waals surface area contributed by atoms with E-state index in [-0.39, 0.29) is 5.41 Å². The lowest BCUT2D eigenvalue weighted by molar-refractivity contribution is 0.0336. The Morgan fingerprint density at radius 3 is 2.46 bits per heavy atom. The Hall–Kier alpha value is -0.180. The van der Waals surface area contributed by atoms with Crippen LogP contribution in [0, 0.1) is 5.41 Å². The van der Waals surface area contributed by atoms with Gasteiger partial charge in [0.25, 0.3) is 6.43 Å².